The molecule has 9 aromatic rings. The SMILES string of the molecule is Cc1sc2nc1C(=O)N[C@@H]([C@H](O)c1ccccc1)c1nc(cs1)C(=O)N[C@@H](Cc1ccc(O)cc1)C(=O)N1C[C@H](OC(O)NCCCN3CCOCC3)[C@H](C)[C@@H]1c1nc(cs1)-c1nc(cs1)-c1nc(-c3nc(C(N)=O)cs3)ccc1-c1nc(cs1)C(=O)N[C@H]2CC(N)=O. The highest BCUT2D eigenvalue weighted by molar-refractivity contribution is 7.15. The molecule has 0 spiro atoms. The van der Waals surface area contributed by atoms with Gasteiger partial charge in [-0.3, -0.25) is 39.0 Å². The van der Waals surface area contributed by atoms with Crippen molar-refractivity contribution in [1.82, 2.24) is 66.0 Å². The van der Waals surface area contributed by atoms with Crippen molar-refractivity contribution in [2.75, 3.05) is 45.9 Å². The zero-order valence-electron chi connectivity index (χ0n) is 49.7. The second kappa shape index (κ2) is 28.5. The second-order valence-electron chi connectivity index (χ2n) is 22.2. The molecule has 482 valence electrons. The average molecular weight is 1370 g/mol. The molecule has 93 heavy (non-hydrogen) atoms. The number of nitrogens with one attached hydrogen (secondary N) is 4. The van der Waals surface area contributed by atoms with E-state index in [4.69, 9.17) is 45.9 Å². The first kappa shape index (κ1) is 64.8. The van der Waals surface area contributed by atoms with Gasteiger partial charge in [0.15, 0.2) is 0 Å². The first-order valence-electron chi connectivity index (χ1n) is 29.4. The Morgan fingerprint density at radius 2 is 1.38 bits per heavy atom. The normalized spacial score (nSPS) is 20.5. The predicted octanol–water partition coefficient (Wildman–Crippen LogP) is 6.00. The average Bonchev–Trinajstić information content (AvgIpc) is 1.63. The summed E-state index contributed by atoms with van der Waals surface area (Å²) in [5.74, 6) is -4.72. The predicted molar refractivity (Wildman–Crippen MR) is 349 cm³/mol. The van der Waals surface area contributed by atoms with Gasteiger partial charge in [0.25, 0.3) is 23.6 Å². The molecule has 11 N–H and O–H groups in total. The molecule has 2 fully saturated rings. The molecule has 32 heteroatoms. The van der Waals surface area contributed by atoms with Crippen molar-refractivity contribution in [3.05, 3.63) is 147 Å². The number of ether oxygens (including phenoxy) is 2. The van der Waals surface area contributed by atoms with Gasteiger partial charge in [0.1, 0.15) is 93.8 Å². The number of pyridine rings is 1. The molecule has 2 aromatic carbocycles. The van der Waals surface area contributed by atoms with Gasteiger partial charge in [0.05, 0.1) is 43.5 Å². The number of nitrogens with zero attached hydrogens (tertiary/aromatic N) is 9. The summed E-state index contributed by atoms with van der Waals surface area (Å²) < 4.78 is 11.9. The van der Waals surface area contributed by atoms with Crippen LogP contribution >= 0.6 is 68.0 Å². The number of amides is 6. The van der Waals surface area contributed by atoms with Gasteiger partial charge in [0, 0.05) is 75.9 Å². The standard InChI is InChI=1S/C61H61N15O11S6/c1-29-43(87-61(85)64-15-6-16-75-17-19-86-20-18-75)23-76-48(29)59-72-42(28-92-59)56-68-38(24-89-56)46-34(13-14-35(65-46)55-69-39(25-90-55)50(63)80)54-70-40(26-88-54)51(81)66-36(22-44(62)78)57-74-45(30(2)93-57)53(83)73-47(49(79)32-7-4-3-5-8-32)58-71-41(27-91-58)52(82)67-37(60(76)84)21-31-9-11-33(77)12-10-31/h3-5,7-14,24-29,36-37,43,47-49,61,64,77,79,85H,6,15-23H2,1-2H3,(H2,62,78)(H2,63,80)(H,66,81)(H,67,82)(H,73,83)/t29-,36-,37-,43-,47-,48+,49+,61?/m0/s1. The molecule has 6 amide bonds. The monoisotopic (exact) mass is 1370 g/mol. The van der Waals surface area contributed by atoms with Crippen molar-refractivity contribution in [1.29, 1.82) is 0 Å². The summed E-state index contributed by atoms with van der Waals surface area (Å²) in [4.78, 5) is 122. The Balaban J connectivity index is 0.945. The summed E-state index contributed by atoms with van der Waals surface area (Å²) in [7, 11) is 0. The van der Waals surface area contributed by atoms with E-state index in [0.29, 0.717) is 84.1 Å². The fourth-order valence-corrected chi connectivity index (χ4v) is 16.3. The van der Waals surface area contributed by atoms with Crippen LogP contribution < -0.4 is 32.7 Å². The summed E-state index contributed by atoms with van der Waals surface area (Å²) in [6.45, 7) is 7.69. The maximum Gasteiger partial charge on any atom is 0.271 e. The van der Waals surface area contributed by atoms with Crippen LogP contribution in [0.15, 0.2) is 93.6 Å². The number of aliphatic hydroxyl groups excluding tert-OH is 2. The Morgan fingerprint density at radius 3 is 2.13 bits per heavy atom. The van der Waals surface area contributed by atoms with E-state index in [1.165, 1.54) is 62.3 Å². The highest BCUT2D eigenvalue weighted by atomic mass is 32.1. The molecular weight excluding hydrogens is 1310 g/mol. The number of fused-ring (bicyclic) bond motifs is 16. The maximum atomic E-state index is 15.7. The van der Waals surface area contributed by atoms with E-state index < -0.39 is 90.6 Å². The minimum absolute atomic E-state index is 0.0106. The molecule has 2 saturated heterocycles. The fraction of sp³-hybridized carbons (Fsp3) is 0.328. The van der Waals surface area contributed by atoms with Gasteiger partial charge in [-0.15, -0.1) is 68.0 Å². The molecule has 3 aliphatic heterocycles. The van der Waals surface area contributed by atoms with Crippen molar-refractivity contribution in [3.63, 3.8) is 0 Å². The molecule has 1 unspecified atom stereocenters. The van der Waals surface area contributed by atoms with E-state index >= 15 is 4.79 Å². The summed E-state index contributed by atoms with van der Waals surface area (Å²) >= 11 is 6.90. The van der Waals surface area contributed by atoms with E-state index in [1.54, 1.807) is 71.8 Å². The Labute approximate surface area is 555 Å². The number of carbonyl (C=O) groups excluding carboxylic acids is 6. The van der Waals surface area contributed by atoms with Crippen molar-refractivity contribution in [2.24, 2.45) is 17.4 Å². The smallest absolute Gasteiger partial charge is 0.271 e. The molecule has 10 heterocycles. The lowest BCUT2D eigenvalue weighted by molar-refractivity contribution is -0.160. The van der Waals surface area contributed by atoms with Crippen LogP contribution in [0.4, 0.5) is 0 Å². The highest BCUT2D eigenvalue weighted by Crippen LogP contribution is 2.44. The number of benzene rings is 2. The van der Waals surface area contributed by atoms with Crippen LogP contribution in [0.1, 0.15) is 117 Å². The topological polar surface area (TPSA) is 378 Å². The minimum atomic E-state index is -1.43. The summed E-state index contributed by atoms with van der Waals surface area (Å²) in [6, 6.07) is 13.7. The van der Waals surface area contributed by atoms with Crippen LogP contribution in [0.3, 0.4) is 0 Å². The molecule has 0 saturated carbocycles. The van der Waals surface area contributed by atoms with Crippen LogP contribution in [-0.4, -0.2) is 160 Å². The number of phenols is 1. The number of rotatable bonds is 15. The van der Waals surface area contributed by atoms with E-state index in [-0.39, 0.29) is 51.5 Å². The molecule has 8 atom stereocenters. The van der Waals surface area contributed by atoms with E-state index in [0.717, 1.165) is 60.1 Å². The van der Waals surface area contributed by atoms with E-state index in [9.17, 15) is 39.3 Å². The lowest BCUT2D eigenvalue weighted by Crippen LogP contribution is -2.50. The molecule has 0 radical (unpaired) electrons. The van der Waals surface area contributed by atoms with Gasteiger partial charge < -0.3 is 57.1 Å². The van der Waals surface area contributed by atoms with Crippen LogP contribution in [-0.2, 0) is 25.5 Å². The molecular formula is C61H61N15O11S6. The number of hydrogen-bond acceptors (Lipinski definition) is 26. The first-order valence-corrected chi connectivity index (χ1v) is 34.6. The van der Waals surface area contributed by atoms with Gasteiger partial charge in [-0.2, -0.15) is 0 Å². The third-order valence-corrected chi connectivity index (χ3v) is 21.3. The zero-order chi connectivity index (χ0) is 65.0. The number of primary amides is 2. The number of morpholine rings is 1. The number of phenolic OH excluding ortho intramolecular Hbond substituents is 1. The summed E-state index contributed by atoms with van der Waals surface area (Å²) in [5, 5.41) is 55.7. The number of hydrogen-bond donors (Lipinski definition) is 9. The van der Waals surface area contributed by atoms with Gasteiger partial charge >= 0.3 is 0 Å². The summed E-state index contributed by atoms with van der Waals surface area (Å²) in [6.07, 6.45) is -3.33. The van der Waals surface area contributed by atoms with Gasteiger partial charge in [-0.05, 0) is 55.3 Å². The first-order chi connectivity index (χ1) is 44.9. The van der Waals surface area contributed by atoms with Crippen molar-refractivity contribution in [2.45, 2.75) is 75.9 Å². The quantitative estimate of drug-likeness (QED) is 0.0419. The highest BCUT2D eigenvalue weighted by Gasteiger charge is 2.47. The Morgan fingerprint density at radius 1 is 0.710 bits per heavy atom. The Hall–Kier alpha value is -8.25. The Bertz CT molecular complexity index is 4200. The van der Waals surface area contributed by atoms with E-state index in [2.05, 4.69) is 36.1 Å². The number of nitrogens with two attached hydrogens (primary N) is 2. The fourth-order valence-electron chi connectivity index (χ4n) is 11.0. The molecule has 7 aromatic heterocycles. The van der Waals surface area contributed by atoms with Crippen LogP contribution in [0.25, 0.3) is 43.4 Å². The number of thiazole rings is 6. The molecule has 3 aliphatic rings. The number of aryl methyl sites for hydroxylation is 1. The largest absolute Gasteiger partial charge is 0.508 e. The lowest BCUT2D eigenvalue weighted by Gasteiger charge is -2.29. The third-order valence-electron chi connectivity index (χ3n) is 15.8. The van der Waals surface area contributed by atoms with Gasteiger partial charge in [-0.25, -0.2) is 34.9 Å². The molecule has 0 aliphatic carbocycles. The van der Waals surface area contributed by atoms with Crippen LogP contribution in [0.5, 0.6) is 5.75 Å². The van der Waals surface area contributed by atoms with E-state index in [1.807, 2.05) is 12.3 Å². The van der Waals surface area contributed by atoms with Crippen molar-refractivity contribution >= 4 is 103 Å². The van der Waals surface area contributed by atoms with Crippen LogP contribution in [0.2, 0.25) is 0 Å². The lowest BCUT2D eigenvalue weighted by atomic mass is 10.00. The number of carbonyl (C=O) groups is 6. The van der Waals surface area contributed by atoms with Crippen LogP contribution in [0, 0.1) is 12.8 Å². The number of aliphatic hydroxyl groups is 2. The zero-order valence-corrected chi connectivity index (χ0v) is 54.6. The number of aromatic nitrogens is 7. The van der Waals surface area contributed by atoms with Crippen molar-refractivity contribution in [3.8, 4) is 49.1 Å². The van der Waals surface area contributed by atoms with Gasteiger partial charge in [0.2, 0.25) is 18.2 Å². The third kappa shape index (κ3) is 14.8. The number of aromatic hydroxyl groups is 1. The van der Waals surface area contributed by atoms with Gasteiger partial charge in [-0.1, -0.05) is 49.4 Å². The Kier molecular flexibility index (Phi) is 19.9. The van der Waals surface area contributed by atoms with Crippen molar-refractivity contribution < 1.29 is 53.6 Å². The minimum Gasteiger partial charge on any atom is -0.508 e. The second-order valence-corrected chi connectivity index (χ2v) is 27.7. The molecule has 10 bridgehead atoms. The summed E-state index contributed by atoms with van der Waals surface area (Å²) in [5.41, 5.74) is 14.2. The molecule has 26 nitrogen and oxygen atoms in total. The molecule has 12 rings (SSSR count). The maximum absolute atomic E-state index is 15.7.